The largest absolute Gasteiger partial charge is 0.417 e. The Kier molecular flexibility index (Phi) is 5.51. The lowest BCUT2D eigenvalue weighted by Gasteiger charge is -2.35. The molecule has 3 aromatic rings. The van der Waals surface area contributed by atoms with Gasteiger partial charge in [-0.05, 0) is 73.4 Å². The van der Waals surface area contributed by atoms with Gasteiger partial charge in [-0.3, -0.25) is 9.78 Å². The van der Waals surface area contributed by atoms with Gasteiger partial charge in [0.1, 0.15) is 5.82 Å². The molecule has 0 spiro atoms. The van der Waals surface area contributed by atoms with Gasteiger partial charge in [0, 0.05) is 19.5 Å². The number of halogens is 1. The maximum absolute atomic E-state index is 13.0. The Hall–Kier alpha value is -2.89. The number of nitrogens with one attached hydrogen (secondary N) is 1. The Morgan fingerprint density at radius 1 is 1.14 bits per heavy atom. The van der Waals surface area contributed by atoms with Gasteiger partial charge in [-0.25, -0.2) is 9.18 Å². The topological polar surface area (TPSA) is 66.3 Å². The molecular weight excluding hydrogens is 371 g/mol. The monoisotopic (exact) mass is 396 g/mol. The second-order valence-electron chi connectivity index (χ2n) is 7.91. The molecule has 0 aliphatic heterocycles. The van der Waals surface area contributed by atoms with Crippen LogP contribution in [0.15, 0.2) is 51.7 Å². The van der Waals surface area contributed by atoms with E-state index in [1.165, 1.54) is 17.7 Å². The molecule has 4 rings (SSSR count). The summed E-state index contributed by atoms with van der Waals surface area (Å²) in [5, 5.41) is 0. The Morgan fingerprint density at radius 3 is 2.59 bits per heavy atom. The van der Waals surface area contributed by atoms with E-state index in [9.17, 15) is 14.0 Å². The van der Waals surface area contributed by atoms with Crippen LogP contribution in [0.5, 0.6) is 0 Å². The summed E-state index contributed by atoms with van der Waals surface area (Å²) in [6, 6.07) is 12.5. The Labute approximate surface area is 168 Å². The van der Waals surface area contributed by atoms with Gasteiger partial charge in [0.05, 0.1) is 5.52 Å². The lowest BCUT2D eigenvalue weighted by molar-refractivity contribution is -0.132. The molecule has 5 nitrogen and oxygen atoms in total. The van der Waals surface area contributed by atoms with Crippen molar-refractivity contribution in [3.63, 3.8) is 0 Å². The van der Waals surface area contributed by atoms with Gasteiger partial charge in [0.25, 0.3) is 0 Å². The van der Waals surface area contributed by atoms with E-state index in [1.54, 1.807) is 12.1 Å². The van der Waals surface area contributed by atoms with Crippen molar-refractivity contribution in [2.75, 3.05) is 7.05 Å². The summed E-state index contributed by atoms with van der Waals surface area (Å²) in [5.74, 6) is -0.139. The SMILES string of the molecule is CN(C(=O)CCc1ccc(F)cc1)[C@H]1CC[C@H](c2ccc3[nH]c(=O)oc3c2)CC1. The van der Waals surface area contributed by atoms with Crippen LogP contribution in [-0.2, 0) is 11.2 Å². The molecule has 0 bridgehead atoms. The molecule has 1 amide bonds. The molecule has 0 atom stereocenters. The van der Waals surface area contributed by atoms with Crippen LogP contribution in [0.3, 0.4) is 0 Å². The highest BCUT2D eigenvalue weighted by Crippen LogP contribution is 2.35. The molecule has 1 aromatic heterocycles. The van der Waals surface area contributed by atoms with Crippen molar-refractivity contribution in [3.05, 3.63) is 70.0 Å². The number of aryl methyl sites for hydroxylation is 1. The quantitative estimate of drug-likeness (QED) is 0.696. The number of aromatic amines is 1. The zero-order valence-corrected chi connectivity index (χ0v) is 16.5. The molecule has 0 saturated heterocycles. The first-order valence-electron chi connectivity index (χ1n) is 10.1. The van der Waals surface area contributed by atoms with Crippen LogP contribution in [0.1, 0.15) is 49.1 Å². The summed E-state index contributed by atoms with van der Waals surface area (Å²) < 4.78 is 18.2. The fourth-order valence-corrected chi connectivity index (χ4v) is 4.29. The molecule has 0 radical (unpaired) electrons. The molecule has 0 unspecified atom stereocenters. The highest BCUT2D eigenvalue weighted by atomic mass is 19.1. The van der Waals surface area contributed by atoms with Gasteiger partial charge in [0.2, 0.25) is 5.91 Å². The number of H-pyrrole nitrogens is 1. The highest BCUT2D eigenvalue weighted by Gasteiger charge is 2.27. The lowest BCUT2D eigenvalue weighted by atomic mass is 9.81. The van der Waals surface area contributed by atoms with E-state index >= 15 is 0 Å². The normalized spacial score (nSPS) is 19.4. The van der Waals surface area contributed by atoms with Crippen molar-refractivity contribution in [2.45, 2.75) is 50.5 Å². The summed E-state index contributed by atoms with van der Waals surface area (Å²) in [5.41, 5.74) is 3.48. The van der Waals surface area contributed by atoms with Gasteiger partial charge in [-0.2, -0.15) is 0 Å². The third-order valence-electron chi connectivity index (χ3n) is 6.10. The van der Waals surface area contributed by atoms with E-state index in [2.05, 4.69) is 11.1 Å². The van der Waals surface area contributed by atoms with Crippen LogP contribution < -0.4 is 5.76 Å². The molecule has 152 valence electrons. The molecule has 6 heteroatoms. The number of carbonyl (C=O) groups is 1. The Morgan fingerprint density at radius 2 is 1.86 bits per heavy atom. The third-order valence-corrected chi connectivity index (χ3v) is 6.10. The molecule has 29 heavy (non-hydrogen) atoms. The third kappa shape index (κ3) is 4.42. The number of amides is 1. The number of hydrogen-bond donors (Lipinski definition) is 1. The van der Waals surface area contributed by atoms with E-state index < -0.39 is 5.76 Å². The minimum absolute atomic E-state index is 0.133. The van der Waals surface area contributed by atoms with E-state index in [0.29, 0.717) is 24.3 Å². The fraction of sp³-hybridized carbons (Fsp3) is 0.391. The number of rotatable bonds is 5. The zero-order valence-electron chi connectivity index (χ0n) is 16.5. The first-order valence-corrected chi connectivity index (χ1v) is 10.1. The summed E-state index contributed by atoms with van der Waals surface area (Å²) in [6.07, 6.45) is 4.98. The number of benzene rings is 2. The van der Waals surface area contributed by atoms with Crippen molar-refractivity contribution in [1.29, 1.82) is 0 Å². The fourth-order valence-electron chi connectivity index (χ4n) is 4.29. The van der Waals surface area contributed by atoms with Crippen molar-refractivity contribution >= 4 is 17.0 Å². The van der Waals surface area contributed by atoms with Crippen LogP contribution in [-0.4, -0.2) is 28.9 Å². The average molecular weight is 396 g/mol. The van der Waals surface area contributed by atoms with Crippen LogP contribution in [0, 0.1) is 5.82 Å². The Bertz CT molecular complexity index is 1050. The number of hydrogen-bond acceptors (Lipinski definition) is 3. The molecule has 1 aliphatic rings. The summed E-state index contributed by atoms with van der Waals surface area (Å²) in [7, 11) is 1.89. The molecule has 2 aromatic carbocycles. The van der Waals surface area contributed by atoms with Crippen LogP contribution in [0.4, 0.5) is 4.39 Å². The van der Waals surface area contributed by atoms with Crippen molar-refractivity contribution in [2.24, 2.45) is 0 Å². The summed E-state index contributed by atoms with van der Waals surface area (Å²) in [4.78, 5) is 28.5. The van der Waals surface area contributed by atoms with Gasteiger partial charge in [0.15, 0.2) is 5.58 Å². The van der Waals surface area contributed by atoms with E-state index in [4.69, 9.17) is 4.42 Å². The van der Waals surface area contributed by atoms with E-state index in [-0.39, 0.29) is 17.8 Å². The standard InChI is InChI=1S/C23H25FN2O3/c1-26(22(27)13-4-15-2-8-18(24)9-3-15)19-10-5-16(6-11-19)17-7-12-20-21(14-17)29-23(28)25-20/h2-3,7-9,12,14,16,19H,4-6,10-11,13H2,1H3,(H,25,28)/t16-,19-. The van der Waals surface area contributed by atoms with E-state index in [1.807, 2.05) is 24.1 Å². The lowest BCUT2D eigenvalue weighted by Crippen LogP contribution is -2.39. The molecule has 1 saturated carbocycles. The highest BCUT2D eigenvalue weighted by molar-refractivity contribution is 5.76. The van der Waals surface area contributed by atoms with Gasteiger partial charge in [-0.1, -0.05) is 18.2 Å². The first-order chi connectivity index (χ1) is 14.0. The molecule has 1 heterocycles. The number of oxazole rings is 1. The van der Waals surface area contributed by atoms with Crippen LogP contribution in [0.25, 0.3) is 11.1 Å². The van der Waals surface area contributed by atoms with Crippen molar-refractivity contribution in [1.82, 2.24) is 9.88 Å². The predicted octanol–water partition coefficient (Wildman–Crippen LogP) is 4.38. The summed E-state index contributed by atoms with van der Waals surface area (Å²) in [6.45, 7) is 0. The Balaban J connectivity index is 1.31. The maximum atomic E-state index is 13.0. The van der Waals surface area contributed by atoms with E-state index in [0.717, 1.165) is 36.8 Å². The van der Waals surface area contributed by atoms with Crippen LogP contribution in [0.2, 0.25) is 0 Å². The minimum atomic E-state index is -0.429. The van der Waals surface area contributed by atoms with Gasteiger partial charge >= 0.3 is 5.76 Å². The predicted molar refractivity (Wildman–Crippen MR) is 109 cm³/mol. The van der Waals surface area contributed by atoms with Crippen molar-refractivity contribution in [3.8, 4) is 0 Å². The number of carbonyl (C=O) groups excluding carboxylic acids is 1. The average Bonchev–Trinajstić information content (AvgIpc) is 3.12. The molecule has 1 N–H and O–H groups in total. The number of nitrogens with zero attached hydrogens (tertiary/aromatic N) is 1. The number of aromatic nitrogens is 1. The second-order valence-corrected chi connectivity index (χ2v) is 7.91. The minimum Gasteiger partial charge on any atom is -0.408 e. The van der Waals surface area contributed by atoms with Crippen molar-refractivity contribution < 1.29 is 13.6 Å². The first kappa shape index (κ1) is 19.4. The second kappa shape index (κ2) is 8.23. The molecule has 1 aliphatic carbocycles. The van der Waals surface area contributed by atoms with Crippen LogP contribution >= 0.6 is 0 Å². The molecule has 1 fully saturated rings. The van der Waals surface area contributed by atoms with Gasteiger partial charge < -0.3 is 9.32 Å². The smallest absolute Gasteiger partial charge is 0.408 e. The maximum Gasteiger partial charge on any atom is 0.417 e. The zero-order chi connectivity index (χ0) is 20.4. The molecular formula is C23H25FN2O3. The summed E-state index contributed by atoms with van der Waals surface area (Å²) >= 11 is 0. The number of fused-ring (bicyclic) bond motifs is 1. The van der Waals surface area contributed by atoms with Gasteiger partial charge in [-0.15, -0.1) is 0 Å².